The van der Waals surface area contributed by atoms with Crippen LogP contribution in [0.25, 0.3) is 0 Å². The molecule has 0 saturated carbocycles. The molecule has 0 aliphatic carbocycles. The van der Waals surface area contributed by atoms with Crippen LogP contribution < -0.4 is 5.32 Å². The molecule has 1 aliphatic rings. The van der Waals surface area contributed by atoms with Crippen molar-refractivity contribution in [3.05, 3.63) is 0 Å². The monoisotopic (exact) mass is 260 g/mol. The number of nitrogens with one attached hydrogen (secondary N) is 1. The highest BCUT2D eigenvalue weighted by molar-refractivity contribution is 5.85. The molecule has 1 unspecified atom stereocenters. The van der Waals surface area contributed by atoms with Gasteiger partial charge in [0, 0.05) is 6.04 Å². The van der Waals surface area contributed by atoms with Crippen molar-refractivity contribution in [1.29, 1.82) is 0 Å². The fourth-order valence-corrected chi connectivity index (χ4v) is 2.10. The molecular formula is C10H20ClF3N2. The first-order chi connectivity index (χ1) is 7.03. The van der Waals surface area contributed by atoms with Gasteiger partial charge >= 0.3 is 6.18 Å². The minimum Gasteiger partial charge on any atom is -0.317 e. The molecule has 0 radical (unpaired) electrons. The first kappa shape index (κ1) is 16.0. The highest BCUT2D eigenvalue weighted by atomic mass is 35.5. The van der Waals surface area contributed by atoms with E-state index in [0.29, 0.717) is 6.54 Å². The molecule has 1 rings (SSSR count). The van der Waals surface area contributed by atoms with Gasteiger partial charge in [-0.25, -0.2) is 0 Å². The van der Waals surface area contributed by atoms with Crippen LogP contribution in [0.15, 0.2) is 0 Å². The van der Waals surface area contributed by atoms with E-state index < -0.39 is 12.7 Å². The zero-order valence-electron chi connectivity index (χ0n) is 9.52. The second-order valence-corrected chi connectivity index (χ2v) is 4.01. The Morgan fingerprint density at radius 2 is 1.94 bits per heavy atom. The molecule has 1 aliphatic heterocycles. The maximum absolute atomic E-state index is 12.3. The van der Waals surface area contributed by atoms with Crippen molar-refractivity contribution in [2.75, 3.05) is 26.2 Å². The van der Waals surface area contributed by atoms with Crippen LogP contribution in [-0.2, 0) is 0 Å². The first-order valence-corrected chi connectivity index (χ1v) is 5.54. The second-order valence-electron chi connectivity index (χ2n) is 4.01. The first-order valence-electron chi connectivity index (χ1n) is 5.54. The molecule has 0 aromatic carbocycles. The summed E-state index contributed by atoms with van der Waals surface area (Å²) < 4.78 is 36.9. The average Bonchev–Trinajstić information content (AvgIpc) is 2.40. The third-order valence-electron chi connectivity index (χ3n) is 2.85. The second kappa shape index (κ2) is 7.35. The summed E-state index contributed by atoms with van der Waals surface area (Å²) in [6, 6.07) is 0.0895. The van der Waals surface area contributed by atoms with Gasteiger partial charge in [-0.15, -0.1) is 12.4 Å². The number of hydrogen-bond acceptors (Lipinski definition) is 2. The minimum absolute atomic E-state index is 0. The van der Waals surface area contributed by atoms with Crippen molar-refractivity contribution in [2.45, 2.75) is 38.4 Å². The van der Waals surface area contributed by atoms with Crippen molar-refractivity contribution in [1.82, 2.24) is 10.2 Å². The smallest absolute Gasteiger partial charge is 0.317 e. The lowest BCUT2D eigenvalue weighted by molar-refractivity contribution is -0.150. The third kappa shape index (κ3) is 5.92. The van der Waals surface area contributed by atoms with Crippen molar-refractivity contribution < 1.29 is 13.2 Å². The zero-order chi connectivity index (χ0) is 11.3. The molecule has 16 heavy (non-hydrogen) atoms. The van der Waals surface area contributed by atoms with Crippen LogP contribution in [0.4, 0.5) is 13.2 Å². The Morgan fingerprint density at radius 3 is 2.50 bits per heavy atom. The molecule has 1 fully saturated rings. The van der Waals surface area contributed by atoms with E-state index >= 15 is 0 Å². The van der Waals surface area contributed by atoms with Gasteiger partial charge in [-0.05, 0) is 38.9 Å². The Labute approximate surface area is 101 Å². The Hall–Kier alpha value is 0. The van der Waals surface area contributed by atoms with Gasteiger partial charge in [-0.3, -0.25) is 4.90 Å². The summed E-state index contributed by atoms with van der Waals surface area (Å²) in [5, 5.41) is 3.21. The minimum atomic E-state index is -4.07. The largest absolute Gasteiger partial charge is 0.401 e. The van der Waals surface area contributed by atoms with Gasteiger partial charge in [-0.1, -0.05) is 6.92 Å². The molecule has 0 aromatic rings. The molecule has 0 aromatic heterocycles. The van der Waals surface area contributed by atoms with E-state index in [-0.39, 0.29) is 18.4 Å². The summed E-state index contributed by atoms with van der Waals surface area (Å²) in [6.45, 7) is 3.27. The van der Waals surface area contributed by atoms with Crippen molar-refractivity contribution in [3.8, 4) is 0 Å². The van der Waals surface area contributed by atoms with Crippen LogP contribution in [0.1, 0.15) is 26.2 Å². The predicted molar refractivity (Wildman–Crippen MR) is 61.1 cm³/mol. The zero-order valence-corrected chi connectivity index (χ0v) is 10.3. The van der Waals surface area contributed by atoms with Gasteiger partial charge in [0.05, 0.1) is 6.54 Å². The summed E-state index contributed by atoms with van der Waals surface area (Å²) in [5.74, 6) is 0. The quantitative estimate of drug-likeness (QED) is 0.839. The Kier molecular flexibility index (Phi) is 7.35. The molecule has 0 spiro atoms. The fourth-order valence-electron chi connectivity index (χ4n) is 2.10. The van der Waals surface area contributed by atoms with Crippen molar-refractivity contribution >= 4 is 12.4 Å². The molecule has 1 atom stereocenters. The molecule has 1 N–H and O–H groups in total. The van der Waals surface area contributed by atoms with E-state index in [4.69, 9.17) is 0 Å². The van der Waals surface area contributed by atoms with Crippen molar-refractivity contribution in [3.63, 3.8) is 0 Å². The highest BCUT2D eigenvalue weighted by Gasteiger charge is 2.33. The molecule has 1 heterocycles. The Bertz CT molecular complexity index is 179. The summed E-state index contributed by atoms with van der Waals surface area (Å²) in [4.78, 5) is 1.55. The maximum Gasteiger partial charge on any atom is 0.401 e. The topological polar surface area (TPSA) is 15.3 Å². The Morgan fingerprint density at radius 1 is 1.25 bits per heavy atom. The van der Waals surface area contributed by atoms with Gasteiger partial charge < -0.3 is 5.32 Å². The number of alkyl halides is 3. The van der Waals surface area contributed by atoms with Crippen molar-refractivity contribution in [2.24, 2.45) is 0 Å². The molecule has 98 valence electrons. The van der Waals surface area contributed by atoms with Crippen LogP contribution in [0.3, 0.4) is 0 Å². The molecular weight excluding hydrogens is 241 g/mol. The third-order valence-corrected chi connectivity index (χ3v) is 2.85. The number of rotatable bonds is 3. The summed E-state index contributed by atoms with van der Waals surface area (Å²) in [6.07, 6.45) is -1.41. The lowest BCUT2D eigenvalue weighted by Crippen LogP contribution is -2.42. The summed E-state index contributed by atoms with van der Waals surface area (Å²) in [7, 11) is 0. The van der Waals surface area contributed by atoms with E-state index in [9.17, 15) is 13.2 Å². The lowest BCUT2D eigenvalue weighted by atomic mass is 10.1. The SMILES string of the molecule is CCN(CC(F)(F)F)C1CCCNCC1.Cl. The maximum atomic E-state index is 12.3. The number of nitrogens with zero attached hydrogens (tertiary/aromatic N) is 1. The highest BCUT2D eigenvalue weighted by Crippen LogP contribution is 2.21. The lowest BCUT2D eigenvalue weighted by Gasteiger charge is -2.30. The van der Waals surface area contributed by atoms with Gasteiger partial charge in [0.25, 0.3) is 0 Å². The van der Waals surface area contributed by atoms with E-state index in [1.54, 1.807) is 11.8 Å². The van der Waals surface area contributed by atoms with Gasteiger partial charge in [-0.2, -0.15) is 13.2 Å². The van der Waals surface area contributed by atoms with E-state index in [1.807, 2.05) is 0 Å². The predicted octanol–water partition coefficient (Wildman–Crippen LogP) is 2.43. The van der Waals surface area contributed by atoms with E-state index in [2.05, 4.69) is 5.32 Å². The molecule has 1 saturated heterocycles. The van der Waals surface area contributed by atoms with E-state index in [1.165, 1.54) is 0 Å². The van der Waals surface area contributed by atoms with Gasteiger partial charge in [0.2, 0.25) is 0 Å². The number of halogens is 4. The summed E-state index contributed by atoms with van der Waals surface area (Å²) in [5.41, 5.74) is 0. The molecule has 0 bridgehead atoms. The van der Waals surface area contributed by atoms with Crippen LogP contribution >= 0.6 is 12.4 Å². The molecule has 0 amide bonds. The van der Waals surface area contributed by atoms with Crippen LogP contribution in [0.2, 0.25) is 0 Å². The fraction of sp³-hybridized carbons (Fsp3) is 1.00. The molecule has 2 nitrogen and oxygen atoms in total. The average molecular weight is 261 g/mol. The molecule has 6 heteroatoms. The summed E-state index contributed by atoms with van der Waals surface area (Å²) >= 11 is 0. The van der Waals surface area contributed by atoms with Crippen LogP contribution in [0, 0.1) is 0 Å². The Balaban J connectivity index is 0.00000225. The van der Waals surface area contributed by atoms with Crippen LogP contribution in [-0.4, -0.2) is 43.3 Å². The van der Waals surface area contributed by atoms with Crippen LogP contribution in [0.5, 0.6) is 0 Å². The standard InChI is InChI=1S/C10H19F3N2.ClH/c1-2-15(8-10(11,12)13)9-4-3-6-14-7-5-9;/h9,14H,2-8H2,1H3;1H. The number of hydrogen-bond donors (Lipinski definition) is 1. The van der Waals surface area contributed by atoms with E-state index in [0.717, 1.165) is 32.4 Å². The van der Waals surface area contributed by atoms with Gasteiger partial charge in [0.15, 0.2) is 0 Å². The normalized spacial score (nSPS) is 22.7. The van der Waals surface area contributed by atoms with Gasteiger partial charge in [0.1, 0.15) is 0 Å².